The van der Waals surface area contributed by atoms with E-state index in [1.54, 1.807) is 0 Å². The van der Waals surface area contributed by atoms with Crippen molar-refractivity contribution in [2.45, 2.75) is 32.7 Å². The molecule has 2 heteroatoms. The van der Waals surface area contributed by atoms with Crippen molar-refractivity contribution in [1.29, 1.82) is 0 Å². The van der Waals surface area contributed by atoms with E-state index in [0.717, 1.165) is 11.3 Å². The molecule has 0 fully saturated rings. The van der Waals surface area contributed by atoms with E-state index in [-0.39, 0.29) is 11.2 Å². The number of fused-ring (bicyclic) bond motifs is 1. The zero-order valence-electron chi connectivity index (χ0n) is 12.8. The SMILES string of the molecule is CC(C)(C)C1(Cc2ccccc2)Nc2ccccc2C1=O. The number of hydrogen-bond donors (Lipinski definition) is 1. The average molecular weight is 279 g/mol. The Morgan fingerprint density at radius 1 is 0.952 bits per heavy atom. The molecule has 1 aliphatic heterocycles. The van der Waals surface area contributed by atoms with Gasteiger partial charge in [-0.15, -0.1) is 0 Å². The normalized spacial score (nSPS) is 21.0. The second-order valence-electron chi connectivity index (χ2n) is 6.82. The number of nitrogens with one attached hydrogen (secondary N) is 1. The molecule has 3 rings (SSSR count). The van der Waals surface area contributed by atoms with E-state index in [1.165, 1.54) is 5.56 Å². The molecule has 0 aromatic heterocycles. The number of rotatable bonds is 2. The van der Waals surface area contributed by atoms with Gasteiger partial charge in [-0.2, -0.15) is 0 Å². The maximum atomic E-state index is 13.1. The van der Waals surface area contributed by atoms with Crippen LogP contribution in [-0.4, -0.2) is 11.3 Å². The van der Waals surface area contributed by atoms with Crippen LogP contribution in [0.3, 0.4) is 0 Å². The molecule has 0 radical (unpaired) electrons. The first kappa shape index (κ1) is 13.9. The molecule has 2 aromatic rings. The summed E-state index contributed by atoms with van der Waals surface area (Å²) >= 11 is 0. The molecule has 1 atom stereocenters. The Morgan fingerprint density at radius 2 is 1.57 bits per heavy atom. The van der Waals surface area contributed by atoms with Crippen molar-refractivity contribution >= 4 is 11.5 Å². The van der Waals surface area contributed by atoms with Crippen LogP contribution < -0.4 is 5.32 Å². The van der Waals surface area contributed by atoms with E-state index in [1.807, 2.05) is 42.5 Å². The molecule has 0 bridgehead atoms. The van der Waals surface area contributed by atoms with Gasteiger partial charge in [-0.25, -0.2) is 0 Å². The third-order valence-corrected chi connectivity index (χ3v) is 4.50. The molecular weight excluding hydrogens is 258 g/mol. The molecule has 1 N–H and O–H groups in total. The summed E-state index contributed by atoms with van der Waals surface area (Å²) in [7, 11) is 0. The van der Waals surface area contributed by atoms with Gasteiger partial charge in [0, 0.05) is 17.7 Å². The van der Waals surface area contributed by atoms with E-state index in [0.29, 0.717) is 6.42 Å². The van der Waals surface area contributed by atoms with E-state index in [2.05, 4.69) is 38.2 Å². The first-order chi connectivity index (χ1) is 9.94. The molecule has 0 saturated carbocycles. The molecule has 0 spiro atoms. The Bertz CT molecular complexity index is 669. The highest BCUT2D eigenvalue weighted by Gasteiger charge is 2.52. The smallest absolute Gasteiger partial charge is 0.191 e. The summed E-state index contributed by atoms with van der Waals surface area (Å²) in [4.78, 5) is 13.1. The molecule has 1 heterocycles. The topological polar surface area (TPSA) is 29.1 Å². The minimum atomic E-state index is -0.585. The first-order valence-electron chi connectivity index (χ1n) is 7.40. The fraction of sp³-hybridized carbons (Fsp3) is 0.316. The molecule has 2 nitrogen and oxygen atoms in total. The van der Waals surface area contributed by atoms with Crippen LogP contribution >= 0.6 is 0 Å². The van der Waals surface area contributed by atoms with Crippen LogP contribution in [0.5, 0.6) is 0 Å². The van der Waals surface area contributed by atoms with Gasteiger partial charge in [0.1, 0.15) is 5.54 Å². The molecule has 0 amide bonds. The molecule has 1 unspecified atom stereocenters. The second-order valence-corrected chi connectivity index (χ2v) is 6.82. The Kier molecular flexibility index (Phi) is 3.12. The van der Waals surface area contributed by atoms with Crippen molar-refractivity contribution in [1.82, 2.24) is 0 Å². The number of carbonyl (C=O) groups is 1. The average Bonchev–Trinajstić information content (AvgIpc) is 2.74. The largest absolute Gasteiger partial charge is 0.371 e. The first-order valence-corrected chi connectivity index (χ1v) is 7.40. The third kappa shape index (κ3) is 2.15. The van der Waals surface area contributed by atoms with Crippen LogP contribution in [0.15, 0.2) is 54.6 Å². The molecule has 21 heavy (non-hydrogen) atoms. The van der Waals surface area contributed by atoms with Crippen LogP contribution in [0.1, 0.15) is 36.7 Å². The lowest BCUT2D eigenvalue weighted by atomic mass is 9.68. The summed E-state index contributed by atoms with van der Waals surface area (Å²) in [6.45, 7) is 6.40. The van der Waals surface area contributed by atoms with Gasteiger partial charge in [-0.1, -0.05) is 63.2 Å². The summed E-state index contributed by atoms with van der Waals surface area (Å²) in [6.07, 6.45) is 0.699. The highest BCUT2D eigenvalue weighted by Crippen LogP contribution is 2.44. The van der Waals surface area contributed by atoms with E-state index in [4.69, 9.17) is 0 Å². The number of hydrogen-bond acceptors (Lipinski definition) is 2. The Morgan fingerprint density at radius 3 is 2.19 bits per heavy atom. The maximum Gasteiger partial charge on any atom is 0.191 e. The predicted molar refractivity (Wildman–Crippen MR) is 86.7 cm³/mol. The fourth-order valence-electron chi connectivity index (χ4n) is 3.13. The van der Waals surface area contributed by atoms with Crippen LogP contribution in [0, 0.1) is 5.41 Å². The van der Waals surface area contributed by atoms with Crippen LogP contribution in [-0.2, 0) is 6.42 Å². The predicted octanol–water partition coefficient (Wildman–Crippen LogP) is 4.32. The van der Waals surface area contributed by atoms with Gasteiger partial charge in [-0.3, -0.25) is 4.79 Å². The maximum absolute atomic E-state index is 13.1. The van der Waals surface area contributed by atoms with Crippen molar-refractivity contribution < 1.29 is 4.79 Å². The quantitative estimate of drug-likeness (QED) is 0.887. The molecular formula is C19H21NO. The Labute approximate surface area is 126 Å². The number of carbonyl (C=O) groups excluding carboxylic acids is 1. The lowest BCUT2D eigenvalue weighted by Gasteiger charge is -2.41. The van der Waals surface area contributed by atoms with Crippen molar-refractivity contribution in [3.63, 3.8) is 0 Å². The summed E-state index contributed by atoms with van der Waals surface area (Å²) in [5, 5.41) is 3.54. The Balaban J connectivity index is 2.08. The molecule has 2 aromatic carbocycles. The van der Waals surface area contributed by atoms with E-state index < -0.39 is 5.54 Å². The second kappa shape index (κ2) is 4.73. The van der Waals surface area contributed by atoms with Crippen LogP contribution in [0.2, 0.25) is 0 Å². The lowest BCUT2D eigenvalue weighted by Crippen LogP contribution is -2.54. The van der Waals surface area contributed by atoms with Gasteiger partial charge >= 0.3 is 0 Å². The summed E-state index contributed by atoms with van der Waals surface area (Å²) in [6, 6.07) is 18.0. The zero-order chi connectivity index (χ0) is 15.1. The minimum absolute atomic E-state index is 0.182. The van der Waals surface area contributed by atoms with Crippen molar-refractivity contribution in [2.24, 2.45) is 5.41 Å². The van der Waals surface area contributed by atoms with Crippen molar-refractivity contribution in [3.8, 4) is 0 Å². The summed E-state index contributed by atoms with van der Waals surface area (Å²) in [5.41, 5.74) is 2.18. The highest BCUT2D eigenvalue weighted by atomic mass is 16.1. The highest BCUT2D eigenvalue weighted by molar-refractivity contribution is 6.14. The third-order valence-electron chi connectivity index (χ3n) is 4.50. The standard InChI is InChI=1S/C19H21NO/c1-18(2,3)19(13-14-9-5-4-6-10-14)17(21)15-11-7-8-12-16(15)20-19/h4-12,20H,13H2,1-3H3. The number of benzene rings is 2. The zero-order valence-corrected chi connectivity index (χ0v) is 12.8. The fourth-order valence-corrected chi connectivity index (χ4v) is 3.13. The van der Waals surface area contributed by atoms with Gasteiger partial charge in [-0.05, 0) is 23.1 Å². The number of para-hydroxylation sites is 1. The van der Waals surface area contributed by atoms with Gasteiger partial charge in [0.15, 0.2) is 5.78 Å². The number of ketones is 1. The molecule has 0 saturated heterocycles. The van der Waals surface area contributed by atoms with Crippen LogP contribution in [0.25, 0.3) is 0 Å². The monoisotopic (exact) mass is 279 g/mol. The van der Waals surface area contributed by atoms with Crippen LogP contribution in [0.4, 0.5) is 5.69 Å². The lowest BCUT2D eigenvalue weighted by molar-refractivity contribution is 0.0805. The number of anilines is 1. The number of Topliss-reactive ketones (excluding diaryl/α,β-unsaturated/α-hetero) is 1. The van der Waals surface area contributed by atoms with Gasteiger partial charge in [0.25, 0.3) is 0 Å². The van der Waals surface area contributed by atoms with E-state index >= 15 is 0 Å². The molecule has 1 aliphatic rings. The molecule has 108 valence electrons. The Hall–Kier alpha value is -2.09. The van der Waals surface area contributed by atoms with Gasteiger partial charge in [0.2, 0.25) is 0 Å². The summed E-state index contributed by atoms with van der Waals surface area (Å²) < 4.78 is 0. The van der Waals surface area contributed by atoms with E-state index in [9.17, 15) is 4.79 Å². The summed E-state index contributed by atoms with van der Waals surface area (Å²) in [5.74, 6) is 0.203. The van der Waals surface area contributed by atoms with Crippen molar-refractivity contribution in [2.75, 3.05) is 5.32 Å². The van der Waals surface area contributed by atoms with Crippen molar-refractivity contribution in [3.05, 3.63) is 65.7 Å². The molecule has 0 aliphatic carbocycles. The van der Waals surface area contributed by atoms with Gasteiger partial charge in [0.05, 0.1) is 0 Å². The van der Waals surface area contributed by atoms with Gasteiger partial charge < -0.3 is 5.32 Å². The minimum Gasteiger partial charge on any atom is -0.371 e.